The maximum Gasteiger partial charge on any atom is 0.276 e. The van der Waals surface area contributed by atoms with Gasteiger partial charge in [0.25, 0.3) is 10.0 Å². The van der Waals surface area contributed by atoms with E-state index < -0.39 is 10.0 Å². The SMILES string of the molecule is COc1cc(C=NNS(=O)(=O)c2ccc(Br)cc2)cc(Br)c1OC(C)C. The normalized spacial score (nSPS) is 11.8. The predicted molar refractivity (Wildman–Crippen MR) is 109 cm³/mol. The van der Waals surface area contributed by atoms with Crippen LogP contribution in [0, 0.1) is 0 Å². The van der Waals surface area contributed by atoms with E-state index in [-0.39, 0.29) is 11.0 Å². The van der Waals surface area contributed by atoms with Gasteiger partial charge in [-0.25, -0.2) is 4.83 Å². The molecule has 2 rings (SSSR count). The van der Waals surface area contributed by atoms with Crippen molar-refractivity contribution in [1.29, 1.82) is 0 Å². The van der Waals surface area contributed by atoms with Crippen LogP contribution in [0.5, 0.6) is 11.5 Å². The third-order valence-corrected chi connectivity index (χ3v) is 5.47. The van der Waals surface area contributed by atoms with Gasteiger partial charge in [0.2, 0.25) is 0 Å². The molecule has 0 aromatic heterocycles. The topological polar surface area (TPSA) is 77.0 Å². The van der Waals surface area contributed by atoms with Crippen molar-refractivity contribution in [2.45, 2.75) is 24.8 Å². The summed E-state index contributed by atoms with van der Waals surface area (Å²) in [6.45, 7) is 3.83. The van der Waals surface area contributed by atoms with Crippen molar-refractivity contribution in [1.82, 2.24) is 4.83 Å². The zero-order valence-corrected chi connectivity index (χ0v) is 18.4. The Morgan fingerprint density at radius 1 is 1.15 bits per heavy atom. The van der Waals surface area contributed by atoms with Crippen LogP contribution in [0.2, 0.25) is 0 Å². The van der Waals surface area contributed by atoms with Crippen molar-refractivity contribution in [3.05, 3.63) is 50.9 Å². The van der Waals surface area contributed by atoms with Crippen LogP contribution < -0.4 is 14.3 Å². The van der Waals surface area contributed by atoms with Crippen molar-refractivity contribution >= 4 is 48.1 Å². The smallest absolute Gasteiger partial charge is 0.276 e. The summed E-state index contributed by atoms with van der Waals surface area (Å²) >= 11 is 6.70. The van der Waals surface area contributed by atoms with Crippen LogP contribution in [0.15, 0.2) is 55.3 Å². The summed E-state index contributed by atoms with van der Waals surface area (Å²) in [5.41, 5.74) is 0.642. The molecule has 0 aliphatic rings. The molecule has 0 aliphatic carbocycles. The number of hydrazone groups is 1. The summed E-state index contributed by atoms with van der Waals surface area (Å²) in [6, 6.07) is 9.73. The molecule has 0 unspecified atom stereocenters. The molecule has 0 bridgehead atoms. The Hall–Kier alpha value is -1.58. The van der Waals surface area contributed by atoms with Crippen LogP contribution in [0.3, 0.4) is 0 Å². The minimum Gasteiger partial charge on any atom is -0.493 e. The standard InChI is InChI=1S/C17H18Br2N2O4S/c1-11(2)25-17-15(19)8-12(9-16(17)24-3)10-20-21-26(22,23)14-6-4-13(18)5-7-14/h4-11,21H,1-3H3. The lowest BCUT2D eigenvalue weighted by atomic mass is 10.2. The number of ether oxygens (including phenoxy) is 2. The van der Waals surface area contributed by atoms with Gasteiger partial charge < -0.3 is 9.47 Å². The highest BCUT2D eigenvalue weighted by Gasteiger charge is 2.14. The molecule has 0 spiro atoms. The lowest BCUT2D eigenvalue weighted by Crippen LogP contribution is -2.18. The van der Waals surface area contributed by atoms with E-state index >= 15 is 0 Å². The highest BCUT2D eigenvalue weighted by Crippen LogP contribution is 2.36. The molecule has 9 heteroatoms. The molecule has 0 aliphatic heterocycles. The average Bonchev–Trinajstić information content (AvgIpc) is 2.57. The van der Waals surface area contributed by atoms with E-state index in [4.69, 9.17) is 9.47 Å². The molecule has 2 aromatic carbocycles. The number of nitrogens with one attached hydrogen (secondary N) is 1. The number of hydrogen-bond acceptors (Lipinski definition) is 5. The van der Waals surface area contributed by atoms with Crippen molar-refractivity contribution in [3.8, 4) is 11.5 Å². The quantitative estimate of drug-likeness (QED) is 0.449. The summed E-state index contributed by atoms with van der Waals surface area (Å²) in [5.74, 6) is 1.10. The van der Waals surface area contributed by atoms with Crippen LogP contribution in [0.1, 0.15) is 19.4 Å². The van der Waals surface area contributed by atoms with E-state index in [1.165, 1.54) is 25.5 Å². The van der Waals surface area contributed by atoms with Crippen LogP contribution in [0.25, 0.3) is 0 Å². The predicted octanol–water partition coefficient (Wildman–Crippen LogP) is 4.32. The van der Waals surface area contributed by atoms with Gasteiger partial charge in [-0.1, -0.05) is 15.9 Å². The monoisotopic (exact) mass is 504 g/mol. The van der Waals surface area contributed by atoms with Gasteiger partial charge in [0, 0.05) is 4.47 Å². The summed E-state index contributed by atoms with van der Waals surface area (Å²) in [4.78, 5) is 2.31. The van der Waals surface area contributed by atoms with Gasteiger partial charge in [0.1, 0.15) is 0 Å². The first kappa shape index (κ1) is 20.7. The van der Waals surface area contributed by atoms with Gasteiger partial charge in [0.05, 0.1) is 28.8 Å². The van der Waals surface area contributed by atoms with E-state index in [0.29, 0.717) is 21.5 Å². The summed E-state index contributed by atoms with van der Waals surface area (Å²) in [5, 5.41) is 3.83. The van der Waals surface area contributed by atoms with Crippen molar-refractivity contribution < 1.29 is 17.9 Å². The number of halogens is 2. The second-order valence-electron chi connectivity index (χ2n) is 5.51. The molecule has 0 atom stereocenters. The number of hydrogen-bond donors (Lipinski definition) is 1. The average molecular weight is 506 g/mol. The highest BCUT2D eigenvalue weighted by molar-refractivity contribution is 9.10. The van der Waals surface area contributed by atoms with Crippen molar-refractivity contribution in [3.63, 3.8) is 0 Å². The minimum absolute atomic E-state index is 0.0163. The van der Waals surface area contributed by atoms with Crippen LogP contribution in [0.4, 0.5) is 0 Å². The molecule has 6 nitrogen and oxygen atoms in total. The number of rotatable bonds is 7. The molecule has 0 saturated carbocycles. The van der Waals surface area contributed by atoms with Gasteiger partial charge in [0.15, 0.2) is 11.5 Å². The molecule has 0 amide bonds. The summed E-state index contributed by atoms with van der Waals surface area (Å²) < 4.78 is 36.9. The Labute approximate surface area is 169 Å². The molecular weight excluding hydrogens is 488 g/mol. The van der Waals surface area contributed by atoms with Gasteiger partial charge in [-0.3, -0.25) is 0 Å². The Morgan fingerprint density at radius 3 is 2.38 bits per heavy atom. The van der Waals surface area contributed by atoms with E-state index in [1.54, 1.807) is 24.3 Å². The third kappa shape index (κ3) is 5.46. The first-order valence-corrected chi connectivity index (χ1v) is 10.6. The Kier molecular flexibility index (Phi) is 7.08. The lowest BCUT2D eigenvalue weighted by Gasteiger charge is -2.15. The Balaban J connectivity index is 2.20. The van der Waals surface area contributed by atoms with Crippen LogP contribution >= 0.6 is 31.9 Å². The van der Waals surface area contributed by atoms with E-state index in [9.17, 15) is 8.42 Å². The van der Waals surface area contributed by atoms with Gasteiger partial charge >= 0.3 is 0 Å². The molecule has 0 heterocycles. The number of benzene rings is 2. The molecule has 2 aromatic rings. The first-order valence-electron chi connectivity index (χ1n) is 7.57. The zero-order valence-electron chi connectivity index (χ0n) is 14.4. The number of sulfonamides is 1. The molecule has 0 radical (unpaired) electrons. The number of nitrogens with zero attached hydrogens (tertiary/aromatic N) is 1. The van der Waals surface area contributed by atoms with Gasteiger partial charge in [-0.15, -0.1) is 0 Å². The van der Waals surface area contributed by atoms with E-state index in [0.717, 1.165) is 4.47 Å². The zero-order chi connectivity index (χ0) is 19.3. The molecule has 1 N–H and O–H groups in total. The van der Waals surface area contributed by atoms with Gasteiger partial charge in [-0.05, 0) is 71.7 Å². The fourth-order valence-corrected chi connectivity index (χ4v) is 3.61. The molecule has 0 saturated heterocycles. The molecule has 26 heavy (non-hydrogen) atoms. The largest absolute Gasteiger partial charge is 0.493 e. The maximum atomic E-state index is 12.2. The van der Waals surface area contributed by atoms with Crippen LogP contribution in [-0.4, -0.2) is 27.8 Å². The second kappa shape index (κ2) is 8.88. The molecular formula is C17H18Br2N2O4S. The summed E-state index contributed by atoms with van der Waals surface area (Å²) in [7, 11) is -2.20. The maximum absolute atomic E-state index is 12.2. The first-order chi connectivity index (χ1) is 12.2. The number of methoxy groups -OCH3 is 1. The minimum atomic E-state index is -3.73. The third-order valence-electron chi connectivity index (χ3n) is 3.12. The molecule has 0 fully saturated rings. The Bertz CT molecular complexity index is 898. The van der Waals surface area contributed by atoms with Crippen molar-refractivity contribution in [2.75, 3.05) is 7.11 Å². The van der Waals surface area contributed by atoms with E-state index in [2.05, 4.69) is 41.8 Å². The lowest BCUT2D eigenvalue weighted by molar-refractivity contribution is 0.228. The molecule has 140 valence electrons. The highest BCUT2D eigenvalue weighted by atomic mass is 79.9. The Morgan fingerprint density at radius 2 is 1.81 bits per heavy atom. The second-order valence-corrected chi connectivity index (χ2v) is 8.94. The van der Waals surface area contributed by atoms with Crippen LogP contribution in [-0.2, 0) is 10.0 Å². The van der Waals surface area contributed by atoms with Gasteiger partial charge in [-0.2, -0.15) is 13.5 Å². The fraction of sp³-hybridized carbons (Fsp3) is 0.235. The fourth-order valence-electron chi connectivity index (χ4n) is 2.00. The summed E-state index contributed by atoms with van der Waals surface area (Å²) in [6.07, 6.45) is 1.38. The van der Waals surface area contributed by atoms with Crippen molar-refractivity contribution in [2.24, 2.45) is 5.10 Å². The van der Waals surface area contributed by atoms with E-state index in [1.807, 2.05) is 13.8 Å².